The number of hydrogen-bond acceptors (Lipinski definition) is 4. The number of fused-ring (bicyclic) bond motifs is 1. The van der Waals surface area contributed by atoms with Gasteiger partial charge in [0, 0.05) is 13.0 Å². The molecule has 0 bridgehead atoms. The Morgan fingerprint density at radius 3 is 2.60 bits per heavy atom. The van der Waals surface area contributed by atoms with E-state index in [1.165, 1.54) is 22.7 Å². The molecular weight excluding hydrogens is 407 g/mol. The first-order valence-corrected chi connectivity index (χ1v) is 11.0. The van der Waals surface area contributed by atoms with Gasteiger partial charge in [0.2, 0.25) is 15.9 Å². The molecule has 0 fully saturated rings. The zero-order valence-corrected chi connectivity index (χ0v) is 16.9. The van der Waals surface area contributed by atoms with Gasteiger partial charge in [0.15, 0.2) is 0 Å². The molecule has 30 heavy (non-hydrogen) atoms. The smallest absolute Gasteiger partial charge is 0.243 e. The summed E-state index contributed by atoms with van der Waals surface area (Å²) in [5.74, 6) is -0.178. The molecule has 0 saturated heterocycles. The highest BCUT2D eigenvalue weighted by molar-refractivity contribution is 7.89. The van der Waals surface area contributed by atoms with E-state index in [1.54, 1.807) is 12.1 Å². The summed E-state index contributed by atoms with van der Waals surface area (Å²) in [5, 5.41) is 2.78. The monoisotopic (exact) mass is 428 g/mol. The maximum absolute atomic E-state index is 13.3. The molecular formula is C22H21FN2O4S. The van der Waals surface area contributed by atoms with Crippen molar-refractivity contribution in [2.24, 2.45) is 0 Å². The lowest BCUT2D eigenvalue weighted by Crippen LogP contribution is -2.42. The lowest BCUT2D eigenvalue weighted by Gasteiger charge is -2.36. The molecule has 4 rings (SSSR count). The second-order valence-corrected chi connectivity index (χ2v) is 8.99. The highest BCUT2D eigenvalue weighted by Crippen LogP contribution is 2.36. The van der Waals surface area contributed by atoms with Gasteiger partial charge in [-0.3, -0.25) is 4.79 Å². The number of furan rings is 1. The molecule has 0 radical (unpaired) electrons. The van der Waals surface area contributed by atoms with Crippen molar-refractivity contribution < 1.29 is 22.0 Å². The van der Waals surface area contributed by atoms with Crippen LogP contribution in [0.1, 0.15) is 29.3 Å². The fraction of sp³-hybridized carbons (Fsp3) is 0.227. The Bertz CT molecular complexity index is 1130. The molecule has 0 saturated carbocycles. The summed E-state index contributed by atoms with van der Waals surface area (Å²) >= 11 is 0. The maximum atomic E-state index is 13.3. The lowest BCUT2D eigenvalue weighted by atomic mass is 9.92. The Morgan fingerprint density at radius 2 is 1.87 bits per heavy atom. The first-order chi connectivity index (χ1) is 14.4. The third-order valence-corrected chi connectivity index (χ3v) is 7.12. The van der Waals surface area contributed by atoms with Crippen molar-refractivity contribution in [1.29, 1.82) is 0 Å². The number of benzene rings is 2. The van der Waals surface area contributed by atoms with Crippen LogP contribution in [0.4, 0.5) is 4.39 Å². The van der Waals surface area contributed by atoms with Crippen molar-refractivity contribution in [3.8, 4) is 0 Å². The highest BCUT2D eigenvalue weighted by atomic mass is 32.2. The average molecular weight is 428 g/mol. The van der Waals surface area contributed by atoms with Crippen molar-refractivity contribution in [2.45, 2.75) is 30.3 Å². The van der Waals surface area contributed by atoms with Crippen LogP contribution in [-0.4, -0.2) is 25.2 Å². The van der Waals surface area contributed by atoms with E-state index in [1.807, 2.05) is 24.3 Å². The van der Waals surface area contributed by atoms with Gasteiger partial charge in [-0.05, 0) is 53.9 Å². The fourth-order valence-corrected chi connectivity index (χ4v) is 5.32. The molecule has 1 amide bonds. The maximum Gasteiger partial charge on any atom is 0.243 e. The van der Waals surface area contributed by atoms with Crippen LogP contribution in [0.25, 0.3) is 0 Å². The quantitative estimate of drug-likeness (QED) is 0.653. The van der Waals surface area contributed by atoms with Gasteiger partial charge >= 0.3 is 0 Å². The minimum Gasteiger partial charge on any atom is -0.467 e. The standard InChI is InChI=1S/C22H21FN2O4S/c23-17-7-9-19(10-8-17)30(27,28)25-12-11-16-4-1-2-6-20(16)21(25)14-22(26)24-15-18-5-3-13-29-18/h1-10,13,21H,11-12,14-15H2,(H,24,26). The van der Waals surface area contributed by atoms with E-state index < -0.39 is 21.9 Å². The van der Waals surface area contributed by atoms with Crippen LogP contribution in [0.5, 0.6) is 0 Å². The van der Waals surface area contributed by atoms with Gasteiger partial charge in [-0.25, -0.2) is 12.8 Å². The van der Waals surface area contributed by atoms with Crippen molar-refractivity contribution in [3.05, 3.63) is 89.6 Å². The summed E-state index contributed by atoms with van der Waals surface area (Å²) < 4.78 is 46.5. The molecule has 1 aromatic heterocycles. The minimum absolute atomic E-state index is 0.00396. The van der Waals surface area contributed by atoms with E-state index in [-0.39, 0.29) is 30.3 Å². The van der Waals surface area contributed by atoms with Gasteiger partial charge < -0.3 is 9.73 Å². The van der Waals surface area contributed by atoms with E-state index >= 15 is 0 Å². The highest BCUT2D eigenvalue weighted by Gasteiger charge is 2.37. The molecule has 6 nitrogen and oxygen atoms in total. The molecule has 2 aromatic carbocycles. The van der Waals surface area contributed by atoms with E-state index in [0.717, 1.165) is 23.3 Å². The molecule has 8 heteroatoms. The summed E-state index contributed by atoms with van der Waals surface area (Å²) in [5.41, 5.74) is 1.83. The summed E-state index contributed by atoms with van der Waals surface area (Å²) in [7, 11) is -3.91. The number of nitrogens with zero attached hydrogens (tertiary/aromatic N) is 1. The largest absolute Gasteiger partial charge is 0.467 e. The molecule has 0 spiro atoms. The van der Waals surface area contributed by atoms with E-state index in [0.29, 0.717) is 12.2 Å². The number of sulfonamides is 1. The molecule has 2 heterocycles. The third kappa shape index (κ3) is 4.15. The summed E-state index contributed by atoms with van der Waals surface area (Å²) in [6.45, 7) is 0.470. The topological polar surface area (TPSA) is 79.6 Å². The van der Waals surface area contributed by atoms with Crippen molar-refractivity contribution in [3.63, 3.8) is 0 Å². The number of rotatable bonds is 6. The lowest BCUT2D eigenvalue weighted by molar-refractivity contribution is -0.122. The van der Waals surface area contributed by atoms with Crippen LogP contribution in [0.15, 0.2) is 76.2 Å². The number of carbonyl (C=O) groups is 1. The van der Waals surface area contributed by atoms with Crippen LogP contribution in [0.2, 0.25) is 0 Å². The second-order valence-electron chi connectivity index (χ2n) is 7.09. The summed E-state index contributed by atoms with van der Waals surface area (Å²) in [6.07, 6.45) is 2.04. The molecule has 1 atom stereocenters. The van der Waals surface area contributed by atoms with Gasteiger partial charge in [-0.1, -0.05) is 24.3 Å². The Hall–Kier alpha value is -2.97. The normalized spacial score (nSPS) is 16.8. The van der Waals surface area contributed by atoms with Crippen LogP contribution in [0.3, 0.4) is 0 Å². The number of nitrogens with one attached hydrogen (secondary N) is 1. The molecule has 1 aliphatic rings. The Morgan fingerprint density at radius 1 is 1.10 bits per heavy atom. The predicted octanol–water partition coefficient (Wildman–Crippen LogP) is 3.41. The average Bonchev–Trinajstić information content (AvgIpc) is 3.26. The first-order valence-electron chi connectivity index (χ1n) is 9.59. The fourth-order valence-electron chi connectivity index (χ4n) is 3.72. The number of amides is 1. The SMILES string of the molecule is O=C(CC1c2ccccc2CCN1S(=O)(=O)c1ccc(F)cc1)NCc1ccco1. The third-order valence-electron chi connectivity index (χ3n) is 5.20. The van der Waals surface area contributed by atoms with Crippen LogP contribution < -0.4 is 5.32 Å². The van der Waals surface area contributed by atoms with Crippen LogP contribution in [0, 0.1) is 5.82 Å². The summed E-state index contributed by atoms with van der Waals surface area (Å²) in [4.78, 5) is 12.7. The minimum atomic E-state index is -3.91. The number of carbonyl (C=O) groups excluding carboxylic acids is 1. The zero-order chi connectivity index (χ0) is 21.1. The Balaban J connectivity index is 1.62. The Kier molecular flexibility index (Phi) is 5.69. The molecule has 156 valence electrons. The molecule has 0 aliphatic carbocycles. The Labute approximate surface area is 174 Å². The van der Waals surface area contributed by atoms with Crippen molar-refractivity contribution in [1.82, 2.24) is 9.62 Å². The first kappa shape index (κ1) is 20.3. The molecule has 1 N–H and O–H groups in total. The molecule has 1 unspecified atom stereocenters. The van der Waals surface area contributed by atoms with Gasteiger partial charge in [0.1, 0.15) is 11.6 Å². The van der Waals surface area contributed by atoms with Gasteiger partial charge in [-0.15, -0.1) is 0 Å². The van der Waals surface area contributed by atoms with Crippen LogP contribution >= 0.6 is 0 Å². The van der Waals surface area contributed by atoms with E-state index in [2.05, 4.69) is 5.32 Å². The van der Waals surface area contributed by atoms with Crippen molar-refractivity contribution in [2.75, 3.05) is 6.54 Å². The number of halogens is 1. The van der Waals surface area contributed by atoms with Gasteiger partial charge in [-0.2, -0.15) is 4.31 Å². The van der Waals surface area contributed by atoms with E-state index in [4.69, 9.17) is 4.42 Å². The van der Waals surface area contributed by atoms with Gasteiger partial charge in [0.05, 0.1) is 23.7 Å². The molecule has 1 aliphatic heterocycles. The summed E-state index contributed by atoms with van der Waals surface area (Å²) in [6, 6.07) is 15.1. The number of hydrogen-bond donors (Lipinski definition) is 1. The van der Waals surface area contributed by atoms with E-state index in [9.17, 15) is 17.6 Å². The second kappa shape index (κ2) is 8.41. The zero-order valence-electron chi connectivity index (χ0n) is 16.1. The predicted molar refractivity (Wildman–Crippen MR) is 108 cm³/mol. The van der Waals surface area contributed by atoms with Crippen molar-refractivity contribution >= 4 is 15.9 Å². The van der Waals surface area contributed by atoms with Crippen LogP contribution in [-0.2, 0) is 27.8 Å². The van der Waals surface area contributed by atoms with Gasteiger partial charge in [0.25, 0.3) is 0 Å². The molecule has 3 aromatic rings.